The Bertz CT molecular complexity index is 1230. The van der Waals surface area contributed by atoms with Gasteiger partial charge in [-0.3, -0.25) is 9.59 Å². The zero-order chi connectivity index (χ0) is 28.6. The van der Waals surface area contributed by atoms with Gasteiger partial charge in [-0.15, -0.1) is 0 Å². The highest BCUT2D eigenvalue weighted by molar-refractivity contribution is 6.33. The van der Waals surface area contributed by atoms with Crippen molar-refractivity contribution in [2.24, 2.45) is 17.4 Å². The van der Waals surface area contributed by atoms with Crippen LogP contribution in [0.4, 0.5) is 4.79 Å². The molecule has 0 aromatic heterocycles. The zero-order valence-electron chi connectivity index (χ0n) is 22.4. The van der Waals surface area contributed by atoms with Gasteiger partial charge in [0.1, 0.15) is 5.70 Å². The van der Waals surface area contributed by atoms with Crippen molar-refractivity contribution in [3.05, 3.63) is 70.4 Å². The topological polar surface area (TPSA) is 148 Å². The molecular weight excluding hydrogens is 520 g/mol. The minimum atomic E-state index is -1.40. The van der Waals surface area contributed by atoms with Crippen LogP contribution in [0.2, 0.25) is 5.02 Å². The van der Waals surface area contributed by atoms with Gasteiger partial charge in [-0.1, -0.05) is 53.6 Å². The summed E-state index contributed by atoms with van der Waals surface area (Å²) in [4.78, 5) is 38.0. The van der Waals surface area contributed by atoms with Gasteiger partial charge in [-0.25, -0.2) is 4.79 Å². The predicted octanol–water partition coefficient (Wildman–Crippen LogP) is 3.25. The molecule has 0 radical (unpaired) electrons. The molecule has 2 aromatic rings. The summed E-state index contributed by atoms with van der Waals surface area (Å²) in [6.07, 6.45) is 2.53. The number of rotatable bonds is 10. The van der Waals surface area contributed by atoms with Crippen molar-refractivity contribution in [1.82, 2.24) is 10.2 Å². The summed E-state index contributed by atoms with van der Waals surface area (Å²) in [5, 5.41) is 15.7. The van der Waals surface area contributed by atoms with Gasteiger partial charge in [-0.2, -0.15) is 0 Å². The number of hydrogen-bond acceptors (Lipinski definition) is 7. The molecule has 10 heteroatoms. The fraction of sp³-hybridized carbons (Fsp3) is 0.414. The fourth-order valence-corrected chi connectivity index (χ4v) is 5.47. The van der Waals surface area contributed by atoms with Crippen LogP contribution in [0.5, 0.6) is 0 Å². The smallest absolute Gasteiger partial charge is 0.406 e. The molecule has 0 spiro atoms. The first kappa shape index (κ1) is 30.1. The molecule has 2 aromatic carbocycles. The number of hydrogen-bond donors (Lipinski definition) is 4. The molecule has 1 fully saturated rings. The third-order valence-corrected chi connectivity index (χ3v) is 7.44. The second kappa shape index (κ2) is 13.6. The largest absolute Gasteiger partial charge is 0.453 e. The molecule has 1 saturated heterocycles. The second-order valence-electron chi connectivity index (χ2n) is 9.84. The van der Waals surface area contributed by atoms with Crippen molar-refractivity contribution >= 4 is 29.4 Å². The maximum atomic E-state index is 13.1. The Morgan fingerprint density at radius 1 is 1.26 bits per heavy atom. The molecule has 6 N–H and O–H groups in total. The quantitative estimate of drug-likeness (QED) is 0.259. The van der Waals surface area contributed by atoms with Gasteiger partial charge in [0, 0.05) is 42.2 Å². The number of amides is 2. The van der Waals surface area contributed by atoms with E-state index in [0.717, 1.165) is 22.8 Å². The number of piperidine rings is 1. The highest BCUT2D eigenvalue weighted by Crippen LogP contribution is 2.45. The number of carbonyl (C=O) groups is 3. The van der Waals surface area contributed by atoms with Gasteiger partial charge in [0.2, 0.25) is 0 Å². The van der Waals surface area contributed by atoms with Crippen LogP contribution in [0.1, 0.15) is 36.8 Å². The summed E-state index contributed by atoms with van der Waals surface area (Å²) < 4.78 is 4.66. The number of benzene rings is 2. The van der Waals surface area contributed by atoms with Crippen LogP contribution in [0.25, 0.3) is 11.1 Å². The number of nitrogens with two attached hydrogens (primary N) is 2. The first-order valence-corrected chi connectivity index (χ1v) is 13.4. The molecule has 1 heterocycles. The van der Waals surface area contributed by atoms with Crippen molar-refractivity contribution < 1.29 is 24.2 Å². The number of ketones is 1. The summed E-state index contributed by atoms with van der Waals surface area (Å²) >= 11 is 6.75. The third-order valence-electron chi connectivity index (χ3n) is 7.12. The van der Waals surface area contributed by atoms with Crippen LogP contribution in [0, 0.1) is 12.8 Å². The first-order chi connectivity index (χ1) is 18.6. The van der Waals surface area contributed by atoms with Crippen LogP contribution in [0.15, 0.2) is 54.2 Å². The summed E-state index contributed by atoms with van der Waals surface area (Å²) in [6, 6.07) is 13.4. The number of likely N-dealkylation sites (tertiary alicyclic amines) is 1. The van der Waals surface area contributed by atoms with Crippen LogP contribution in [-0.4, -0.2) is 61.1 Å². The van der Waals surface area contributed by atoms with E-state index in [0.29, 0.717) is 49.4 Å². The van der Waals surface area contributed by atoms with Crippen LogP contribution < -0.4 is 16.8 Å². The number of nitrogens with zero attached hydrogens (tertiary/aromatic N) is 1. The molecule has 1 aliphatic rings. The number of aryl methyl sites for hydroxylation is 1. The third kappa shape index (κ3) is 7.38. The van der Waals surface area contributed by atoms with Gasteiger partial charge in [-0.05, 0) is 49.8 Å². The average molecular weight is 557 g/mol. The van der Waals surface area contributed by atoms with Crippen LogP contribution in [-0.2, 0) is 19.9 Å². The lowest BCUT2D eigenvalue weighted by molar-refractivity contribution is -0.133. The highest BCUT2D eigenvalue weighted by atomic mass is 35.5. The van der Waals surface area contributed by atoms with E-state index >= 15 is 0 Å². The molecule has 0 aliphatic carbocycles. The molecule has 0 unspecified atom stereocenters. The number of alkyl carbamates (subject to hydrolysis) is 1. The Hall–Kier alpha value is -3.40. The lowest BCUT2D eigenvalue weighted by Crippen LogP contribution is -2.49. The van der Waals surface area contributed by atoms with Crippen molar-refractivity contribution in [3.63, 3.8) is 0 Å². The normalized spacial score (nSPS) is 17.3. The molecule has 9 nitrogen and oxygen atoms in total. The maximum Gasteiger partial charge on any atom is 0.406 e. The minimum Gasteiger partial charge on any atom is -0.453 e. The summed E-state index contributed by atoms with van der Waals surface area (Å²) in [5.74, 6) is -1.28. The van der Waals surface area contributed by atoms with Gasteiger partial charge < -0.3 is 31.5 Å². The zero-order valence-corrected chi connectivity index (χ0v) is 23.2. The van der Waals surface area contributed by atoms with Gasteiger partial charge in [0.05, 0.1) is 19.3 Å². The summed E-state index contributed by atoms with van der Waals surface area (Å²) in [7, 11) is 1.29. The lowest BCUT2D eigenvalue weighted by atomic mass is 9.72. The van der Waals surface area contributed by atoms with E-state index in [1.807, 2.05) is 37.3 Å². The number of aliphatic hydroxyl groups is 1. The Morgan fingerprint density at radius 3 is 2.69 bits per heavy atom. The second-order valence-corrected chi connectivity index (χ2v) is 10.2. The Kier molecular flexibility index (Phi) is 10.5. The molecule has 1 aliphatic heterocycles. The average Bonchev–Trinajstić information content (AvgIpc) is 2.94. The molecule has 39 heavy (non-hydrogen) atoms. The fourth-order valence-electron chi connectivity index (χ4n) is 5.19. The number of ether oxygens (including phenoxy) is 1. The summed E-state index contributed by atoms with van der Waals surface area (Å²) in [6.45, 7) is 2.71. The van der Waals surface area contributed by atoms with E-state index in [9.17, 15) is 19.5 Å². The number of nitrogens with one attached hydrogen (secondary N) is 1. The minimum absolute atomic E-state index is 0.180. The van der Waals surface area contributed by atoms with Crippen LogP contribution >= 0.6 is 11.6 Å². The Labute approximate surface area is 234 Å². The summed E-state index contributed by atoms with van der Waals surface area (Å²) in [5.41, 5.74) is 13.0. The van der Waals surface area contributed by atoms with E-state index in [2.05, 4.69) is 10.1 Å². The van der Waals surface area contributed by atoms with Gasteiger partial charge >= 0.3 is 6.09 Å². The standard InChI is InChI=1S/C29H37ClN4O5/c1-19-7-3-8-20(15-19)26-23(10-4-11-24(26)30)29(38,12-6-13-33-28(37)39-2)21-9-5-14-34(18-21)27(36)25(32)16-22(35)17-31/h3-4,7-8,10-11,15-16,21,38H,5-6,9,12-14,17-18,31-32H2,1-2H3,(H,33,37)/b25-16-/t21-,29+/m1/s1. The SMILES string of the molecule is COC(=O)NCCC[C@@](O)(c1cccc(Cl)c1-c1cccc(C)c1)[C@@H]1CCCN(C(=O)/C(N)=C/C(=O)CN)C1. The Morgan fingerprint density at radius 2 is 2.00 bits per heavy atom. The molecule has 2 atom stereocenters. The van der Waals surface area contributed by atoms with E-state index < -0.39 is 23.4 Å². The van der Waals surface area contributed by atoms with E-state index in [4.69, 9.17) is 23.1 Å². The van der Waals surface area contributed by atoms with Crippen molar-refractivity contribution in [2.75, 3.05) is 33.3 Å². The van der Waals surface area contributed by atoms with E-state index in [1.54, 1.807) is 17.0 Å². The van der Waals surface area contributed by atoms with E-state index in [1.165, 1.54) is 7.11 Å². The van der Waals surface area contributed by atoms with Gasteiger partial charge in [0.25, 0.3) is 5.91 Å². The van der Waals surface area contributed by atoms with Crippen molar-refractivity contribution in [3.8, 4) is 11.1 Å². The molecule has 3 rings (SSSR count). The number of carbonyl (C=O) groups excluding carboxylic acids is 3. The lowest BCUT2D eigenvalue weighted by Gasteiger charge is -2.43. The molecule has 0 bridgehead atoms. The Balaban J connectivity index is 2.01. The molecule has 210 valence electrons. The maximum absolute atomic E-state index is 13.1. The van der Waals surface area contributed by atoms with Crippen molar-refractivity contribution in [1.29, 1.82) is 0 Å². The first-order valence-electron chi connectivity index (χ1n) is 13.0. The molecule has 0 saturated carbocycles. The van der Waals surface area contributed by atoms with Crippen LogP contribution in [0.3, 0.4) is 0 Å². The predicted molar refractivity (Wildman–Crippen MR) is 151 cm³/mol. The molecular formula is C29H37ClN4O5. The number of halogens is 1. The number of methoxy groups -OCH3 is 1. The van der Waals surface area contributed by atoms with Crippen molar-refractivity contribution in [2.45, 2.75) is 38.2 Å². The molecule has 2 amide bonds. The monoisotopic (exact) mass is 556 g/mol. The van der Waals surface area contributed by atoms with Gasteiger partial charge in [0.15, 0.2) is 5.78 Å². The highest BCUT2D eigenvalue weighted by Gasteiger charge is 2.43. The van der Waals surface area contributed by atoms with E-state index in [-0.39, 0.29) is 24.7 Å².